The minimum Gasteiger partial charge on any atom is -1.00 e. The van der Waals surface area contributed by atoms with E-state index in [1.54, 1.807) is 0 Å². The van der Waals surface area contributed by atoms with Gasteiger partial charge in [0.2, 0.25) is 0 Å². The van der Waals surface area contributed by atoms with Crippen molar-refractivity contribution in [3.8, 4) is 0 Å². The van der Waals surface area contributed by atoms with Crippen LogP contribution in [0.1, 0.15) is 0 Å². The zero-order valence-electron chi connectivity index (χ0n) is 8.99. The van der Waals surface area contributed by atoms with Crippen LogP contribution in [0, 0.1) is 6.67 Å². The molecule has 1 heterocycles. The molecular weight excluding hydrogens is 416 g/mol. The quantitative estimate of drug-likeness (QED) is 0.577. The summed E-state index contributed by atoms with van der Waals surface area (Å²) >= 11 is 0.603. The molecule has 0 saturated heterocycles. The number of hydrogen-bond donors (Lipinski definition) is 1. The fraction of sp³-hybridized carbons (Fsp3) is 0.182. The van der Waals surface area contributed by atoms with Gasteiger partial charge >= 0.3 is 90.9 Å². The van der Waals surface area contributed by atoms with E-state index in [0.29, 0.717) is 15.0 Å². The van der Waals surface area contributed by atoms with Crippen LogP contribution in [0.3, 0.4) is 0 Å². The molecule has 1 N–H and O–H groups in total. The SMILES string of the molecule is Cl.[CH]1NC=CN1CC[Se]c1ccccc1.[Cl-].[Pd]. The van der Waals surface area contributed by atoms with Crippen LogP contribution in [-0.4, -0.2) is 26.4 Å². The first-order valence-corrected chi connectivity index (χ1v) is 6.71. The Labute approximate surface area is 135 Å². The Morgan fingerprint density at radius 3 is 2.47 bits per heavy atom. The molecule has 0 spiro atoms. The van der Waals surface area contributed by atoms with Gasteiger partial charge in [0, 0.05) is 20.4 Å². The standard InChI is InChI=1S/C11H13N2Se.2ClH.Pd/c1-2-4-11(5-3-1)14-9-8-13-7-6-12-10-13;;;/h1-7,10,12H,8-9H2;2*1H;/p-1. The molecule has 0 unspecified atom stereocenters. The zero-order valence-corrected chi connectivity index (χ0v) is 13.8. The molecule has 0 fully saturated rings. The topological polar surface area (TPSA) is 15.3 Å². The van der Waals surface area contributed by atoms with E-state index in [1.165, 1.54) is 9.78 Å². The molecule has 0 atom stereocenters. The van der Waals surface area contributed by atoms with Gasteiger partial charge in [-0.1, -0.05) is 0 Å². The monoisotopic (exact) mass is 430 g/mol. The first-order valence-electron chi connectivity index (χ1n) is 4.65. The average Bonchev–Trinajstić information content (AvgIpc) is 2.72. The van der Waals surface area contributed by atoms with Gasteiger partial charge in [-0.05, 0) is 0 Å². The normalized spacial score (nSPS) is 11.9. The predicted molar refractivity (Wildman–Crippen MR) is 67.2 cm³/mol. The van der Waals surface area contributed by atoms with Gasteiger partial charge < -0.3 is 12.4 Å². The summed E-state index contributed by atoms with van der Waals surface area (Å²) in [5.74, 6) is 0. The molecule has 1 radical (unpaired) electrons. The van der Waals surface area contributed by atoms with Crippen LogP contribution in [-0.2, 0) is 20.4 Å². The van der Waals surface area contributed by atoms with E-state index in [1.807, 2.05) is 12.9 Å². The fourth-order valence-electron chi connectivity index (χ4n) is 1.25. The van der Waals surface area contributed by atoms with E-state index >= 15 is 0 Å². The second kappa shape index (κ2) is 11.4. The molecule has 1 aliphatic rings. The maximum atomic E-state index is 3.05. The third kappa shape index (κ3) is 7.36. The molecule has 6 heteroatoms. The van der Waals surface area contributed by atoms with Gasteiger partial charge in [0.15, 0.2) is 0 Å². The van der Waals surface area contributed by atoms with Gasteiger partial charge in [-0.25, -0.2) is 0 Å². The van der Waals surface area contributed by atoms with Crippen LogP contribution >= 0.6 is 12.4 Å². The largest absolute Gasteiger partial charge is 1.00 e. The summed E-state index contributed by atoms with van der Waals surface area (Å²) in [5, 5.41) is 4.30. The van der Waals surface area contributed by atoms with Crippen LogP contribution < -0.4 is 22.2 Å². The molecule has 0 bridgehead atoms. The maximum absolute atomic E-state index is 3.05. The first-order chi connectivity index (χ1) is 6.95. The predicted octanol–water partition coefficient (Wildman–Crippen LogP) is -1.65. The van der Waals surface area contributed by atoms with Gasteiger partial charge in [0.1, 0.15) is 0 Å². The van der Waals surface area contributed by atoms with Gasteiger partial charge in [-0.3, -0.25) is 0 Å². The van der Waals surface area contributed by atoms with Crippen LogP contribution in [0.4, 0.5) is 0 Å². The molecule has 17 heavy (non-hydrogen) atoms. The van der Waals surface area contributed by atoms with Crippen molar-refractivity contribution in [2.24, 2.45) is 0 Å². The molecular formula is C11H14Cl2N2PdSe-. The number of halogens is 2. The fourth-order valence-corrected chi connectivity index (χ4v) is 3.11. The van der Waals surface area contributed by atoms with E-state index in [2.05, 4.69) is 46.7 Å². The molecule has 1 aromatic rings. The average molecular weight is 431 g/mol. The summed E-state index contributed by atoms with van der Waals surface area (Å²) in [4.78, 5) is 2.19. The Bertz CT molecular complexity index is 312. The summed E-state index contributed by atoms with van der Waals surface area (Å²) in [6.45, 7) is 3.11. The molecule has 0 aromatic heterocycles. The van der Waals surface area contributed by atoms with Crippen molar-refractivity contribution in [1.29, 1.82) is 0 Å². The summed E-state index contributed by atoms with van der Waals surface area (Å²) in [5.41, 5.74) is 0. The summed E-state index contributed by atoms with van der Waals surface area (Å²) < 4.78 is 1.48. The van der Waals surface area contributed by atoms with Crippen molar-refractivity contribution in [3.05, 3.63) is 49.4 Å². The molecule has 0 amide bonds. The molecule has 99 valence electrons. The molecule has 1 aliphatic heterocycles. The van der Waals surface area contributed by atoms with Crippen molar-refractivity contribution in [2.75, 3.05) is 6.54 Å². The number of benzene rings is 1. The third-order valence-corrected chi connectivity index (χ3v) is 4.05. The Hall–Kier alpha value is 0.322. The van der Waals surface area contributed by atoms with Crippen LogP contribution in [0.5, 0.6) is 0 Å². The Morgan fingerprint density at radius 1 is 1.18 bits per heavy atom. The number of hydrogen-bond acceptors (Lipinski definition) is 2. The number of rotatable bonds is 4. The molecule has 0 saturated carbocycles. The van der Waals surface area contributed by atoms with E-state index in [9.17, 15) is 0 Å². The van der Waals surface area contributed by atoms with Crippen LogP contribution in [0.15, 0.2) is 42.7 Å². The molecule has 1 aromatic carbocycles. The van der Waals surface area contributed by atoms with Crippen molar-refractivity contribution >= 4 is 31.8 Å². The van der Waals surface area contributed by atoms with Crippen molar-refractivity contribution in [1.82, 2.24) is 10.2 Å². The van der Waals surface area contributed by atoms with E-state index in [0.717, 1.165) is 6.54 Å². The Morgan fingerprint density at radius 2 is 1.88 bits per heavy atom. The van der Waals surface area contributed by atoms with Gasteiger partial charge in [-0.2, -0.15) is 0 Å². The van der Waals surface area contributed by atoms with E-state index in [-0.39, 0.29) is 45.2 Å². The van der Waals surface area contributed by atoms with Crippen LogP contribution in [0.2, 0.25) is 5.32 Å². The second-order valence-electron chi connectivity index (χ2n) is 3.01. The van der Waals surface area contributed by atoms with E-state index < -0.39 is 0 Å². The van der Waals surface area contributed by atoms with Gasteiger partial charge in [0.05, 0.1) is 0 Å². The number of nitrogens with one attached hydrogen (secondary N) is 1. The van der Waals surface area contributed by atoms with Crippen molar-refractivity contribution < 1.29 is 32.8 Å². The second-order valence-corrected chi connectivity index (χ2v) is 5.46. The summed E-state index contributed by atoms with van der Waals surface area (Å²) in [6.07, 6.45) is 4.02. The van der Waals surface area contributed by atoms with Crippen molar-refractivity contribution in [2.45, 2.75) is 5.32 Å². The van der Waals surface area contributed by atoms with Gasteiger partial charge in [-0.15, -0.1) is 12.4 Å². The Kier molecular flexibility index (Phi) is 13.2. The smallest absolute Gasteiger partial charge is 0 e. The minimum absolute atomic E-state index is 0. The van der Waals surface area contributed by atoms with Crippen molar-refractivity contribution in [3.63, 3.8) is 0 Å². The number of nitrogens with zero attached hydrogens (tertiary/aromatic N) is 1. The molecule has 2 rings (SSSR count). The molecule has 0 aliphatic carbocycles. The summed E-state index contributed by atoms with van der Waals surface area (Å²) in [7, 11) is 0. The Balaban J connectivity index is 0. The van der Waals surface area contributed by atoms with Crippen LogP contribution in [0.25, 0.3) is 0 Å². The molecule has 2 nitrogen and oxygen atoms in total. The van der Waals surface area contributed by atoms with E-state index in [4.69, 9.17) is 0 Å². The third-order valence-electron chi connectivity index (χ3n) is 1.96. The van der Waals surface area contributed by atoms with Gasteiger partial charge in [0.25, 0.3) is 0 Å². The maximum Gasteiger partial charge on any atom is 0 e. The minimum atomic E-state index is 0. The first kappa shape index (κ1) is 19.7. The summed E-state index contributed by atoms with van der Waals surface area (Å²) in [6, 6.07) is 10.7. The zero-order chi connectivity index (χ0) is 9.64.